The molecule has 0 bridgehead atoms. The van der Waals surface area contributed by atoms with Crippen molar-refractivity contribution in [3.8, 4) is 0 Å². The Hall–Kier alpha value is -0.175. The maximum absolute atomic E-state index is 7.75. The first kappa shape index (κ1) is 9.17. The Morgan fingerprint density at radius 2 is 1.50 bits per heavy atom. The molecule has 0 heterocycles. The van der Waals surface area contributed by atoms with Crippen LogP contribution in [0.2, 0.25) is 0 Å². The molecule has 0 rings (SSSR count). The molecule has 0 aromatic rings. The third-order valence-electron chi connectivity index (χ3n) is 0. The van der Waals surface area contributed by atoms with E-state index in [1.165, 1.54) is 0 Å². The fraction of sp³-hybridized carbons (Fsp3) is 1.00. The van der Waals surface area contributed by atoms with E-state index in [0.717, 1.165) is 7.11 Å². The van der Waals surface area contributed by atoms with Crippen LogP contribution in [-0.2, 0) is 4.70 Å². The normalized spacial score (nSPS) is 2.25. The van der Waals surface area contributed by atoms with Crippen LogP contribution in [0.1, 0.15) is 0 Å². The minimum atomic E-state index is 1.00. The topological polar surface area (TPSA) is 37.3 Å². The van der Waals surface area contributed by atoms with Gasteiger partial charge in [0.05, 0.1) is 0 Å². The average molecular weight is 58.9 g/mol. The third-order valence-corrected chi connectivity index (χ3v) is 0. The summed E-state index contributed by atoms with van der Waals surface area (Å²) in [6.45, 7) is 0. The zero-order valence-electron chi connectivity index (χ0n) is 2.43. The van der Waals surface area contributed by atoms with Crippen LogP contribution in [-0.4, -0.2) is 19.9 Å². The van der Waals surface area contributed by atoms with Crippen molar-refractivity contribution in [2.45, 2.75) is 0 Å². The van der Waals surface area contributed by atoms with E-state index in [2.05, 4.69) is 7.72 Å². The molecule has 0 fully saturated rings. The standard InChI is InChI=1S/CH4O.BO/c2*1-2/h2H,1H3;. The number of hydrogen-bond donors (Lipinski definition) is 1. The second-order valence-corrected chi connectivity index (χ2v) is 0. The number of hydrogen-bond acceptors (Lipinski definition) is 2. The summed E-state index contributed by atoms with van der Waals surface area (Å²) in [5.74, 6) is 0. The molecular formula is CH4BO2. The molecule has 0 saturated carbocycles. The maximum atomic E-state index is 7.75. The first-order valence-corrected chi connectivity index (χ1v) is 0.683. The van der Waals surface area contributed by atoms with Gasteiger partial charge >= 0.3 is 12.4 Å². The zero-order valence-corrected chi connectivity index (χ0v) is 2.43. The summed E-state index contributed by atoms with van der Waals surface area (Å²) in [6, 6.07) is 0. The Kier molecular flexibility index (Phi) is 703. The van der Waals surface area contributed by atoms with Gasteiger partial charge in [0.25, 0.3) is 0 Å². The van der Waals surface area contributed by atoms with Crippen molar-refractivity contribution >= 4 is 7.72 Å². The summed E-state index contributed by atoms with van der Waals surface area (Å²) in [6.07, 6.45) is 0. The van der Waals surface area contributed by atoms with Gasteiger partial charge in [0.1, 0.15) is 0 Å². The molecule has 4 heavy (non-hydrogen) atoms. The van der Waals surface area contributed by atoms with Gasteiger partial charge in [0, 0.05) is 7.11 Å². The molecule has 0 aromatic carbocycles. The Labute approximate surface area is 25.9 Å². The number of aliphatic hydroxyl groups excluding tert-OH is 1. The first-order valence-electron chi connectivity index (χ1n) is 0.683. The summed E-state index contributed by atoms with van der Waals surface area (Å²) in [5, 5.41) is 7.00. The van der Waals surface area contributed by atoms with Gasteiger partial charge in [-0.15, -0.1) is 0 Å². The van der Waals surface area contributed by atoms with Gasteiger partial charge in [-0.25, -0.2) is 0 Å². The number of rotatable bonds is 0. The Balaban J connectivity index is 0. The Bertz CT molecular complexity index is 6.00. The van der Waals surface area contributed by atoms with Crippen molar-refractivity contribution in [1.29, 1.82) is 0 Å². The molecule has 0 aliphatic rings. The second-order valence-electron chi connectivity index (χ2n) is 0. The van der Waals surface area contributed by atoms with Gasteiger partial charge < -0.3 is 5.11 Å². The molecule has 0 amide bonds. The predicted octanol–water partition coefficient (Wildman–Crippen LogP) is -0.891. The van der Waals surface area contributed by atoms with E-state index in [1.54, 1.807) is 0 Å². The van der Waals surface area contributed by atoms with Crippen LogP contribution in [0.4, 0.5) is 0 Å². The van der Waals surface area contributed by atoms with Crippen molar-refractivity contribution in [2.24, 2.45) is 0 Å². The van der Waals surface area contributed by atoms with Crippen LogP contribution in [0.5, 0.6) is 0 Å². The van der Waals surface area contributed by atoms with E-state index < -0.39 is 0 Å². The van der Waals surface area contributed by atoms with Crippen molar-refractivity contribution in [3.63, 3.8) is 0 Å². The molecule has 0 aliphatic carbocycles. The molecule has 3 heteroatoms. The quantitative estimate of drug-likeness (QED) is 0.367. The molecule has 0 spiro atoms. The zero-order chi connectivity index (χ0) is 4.00. The van der Waals surface area contributed by atoms with Gasteiger partial charge in [0.2, 0.25) is 0 Å². The molecule has 0 unspecified atom stereocenters. The summed E-state index contributed by atoms with van der Waals surface area (Å²) in [5.41, 5.74) is 0. The molecule has 0 aromatic heterocycles. The van der Waals surface area contributed by atoms with Crippen molar-refractivity contribution in [1.82, 2.24) is 0 Å². The van der Waals surface area contributed by atoms with Gasteiger partial charge in [-0.1, -0.05) is 0 Å². The van der Waals surface area contributed by atoms with Gasteiger partial charge in [-0.2, -0.15) is 0 Å². The van der Waals surface area contributed by atoms with Gasteiger partial charge in [-0.05, 0) is 0 Å². The SMILES string of the molecule is CO.[B]=O. The first-order chi connectivity index (χ1) is 2.00. The van der Waals surface area contributed by atoms with Crippen molar-refractivity contribution in [2.75, 3.05) is 7.11 Å². The van der Waals surface area contributed by atoms with E-state index in [9.17, 15) is 0 Å². The summed E-state index contributed by atoms with van der Waals surface area (Å²) in [4.78, 5) is 0. The Morgan fingerprint density at radius 1 is 1.50 bits per heavy atom. The molecule has 2 nitrogen and oxygen atoms in total. The van der Waals surface area contributed by atoms with Crippen LogP contribution in [0.3, 0.4) is 0 Å². The van der Waals surface area contributed by atoms with Crippen LogP contribution >= 0.6 is 0 Å². The predicted molar refractivity (Wildman–Crippen MR) is 14.6 cm³/mol. The van der Waals surface area contributed by atoms with Crippen molar-refractivity contribution < 1.29 is 9.81 Å². The molecular weight excluding hydrogens is 54.8 g/mol. The molecule has 23 valence electrons. The van der Waals surface area contributed by atoms with Crippen LogP contribution < -0.4 is 0 Å². The number of aliphatic hydroxyl groups is 1. The third kappa shape index (κ3) is 40.5. The van der Waals surface area contributed by atoms with Gasteiger partial charge in [-0.3, -0.25) is 0 Å². The van der Waals surface area contributed by atoms with E-state index in [0.29, 0.717) is 0 Å². The van der Waals surface area contributed by atoms with E-state index in [-0.39, 0.29) is 0 Å². The molecule has 0 saturated heterocycles. The molecule has 0 atom stereocenters. The van der Waals surface area contributed by atoms with Crippen LogP contribution in [0, 0.1) is 0 Å². The van der Waals surface area contributed by atoms with Crippen LogP contribution in [0.25, 0.3) is 0 Å². The summed E-state index contributed by atoms with van der Waals surface area (Å²) < 4.78 is 7.75. The summed E-state index contributed by atoms with van der Waals surface area (Å²) in [7, 11) is 4.25. The molecule has 1 radical (unpaired) electrons. The fourth-order valence-corrected chi connectivity index (χ4v) is 0. The Morgan fingerprint density at radius 3 is 1.50 bits per heavy atom. The van der Waals surface area contributed by atoms with E-state index >= 15 is 0 Å². The minimum absolute atomic E-state index is 1.00. The van der Waals surface area contributed by atoms with E-state index in [4.69, 9.17) is 9.81 Å². The molecule has 0 aliphatic heterocycles. The van der Waals surface area contributed by atoms with E-state index in [1.807, 2.05) is 0 Å². The van der Waals surface area contributed by atoms with Crippen molar-refractivity contribution in [3.05, 3.63) is 0 Å². The molecule has 1 N–H and O–H groups in total. The summed E-state index contributed by atoms with van der Waals surface area (Å²) >= 11 is 0. The average Bonchev–Trinajstić information content (AvgIpc) is 1.50. The van der Waals surface area contributed by atoms with Gasteiger partial charge in [0.15, 0.2) is 0 Å². The monoisotopic (exact) mass is 59.0 g/mol. The fourth-order valence-electron chi connectivity index (χ4n) is 0. The second kappa shape index (κ2) is 307. The van der Waals surface area contributed by atoms with Crippen LogP contribution in [0.15, 0.2) is 0 Å².